The van der Waals surface area contributed by atoms with Crippen molar-refractivity contribution in [3.63, 3.8) is 0 Å². The Morgan fingerprint density at radius 1 is 1.37 bits per heavy atom. The summed E-state index contributed by atoms with van der Waals surface area (Å²) in [5.74, 6) is -0.00662. The normalized spacial score (nSPS) is 19.1. The maximum atomic E-state index is 12.2. The van der Waals surface area contributed by atoms with E-state index in [4.69, 9.17) is 0 Å². The number of piperazine rings is 1. The van der Waals surface area contributed by atoms with Crippen LogP contribution in [0.25, 0.3) is 0 Å². The number of nitrogens with one attached hydrogen (secondary N) is 1. The average molecular weight is 260 g/mol. The molecule has 1 aliphatic heterocycles. The SMILES string of the molecule is CCCCC(=O)N1CCNC(=O)C1c1ccccc1. The lowest BCUT2D eigenvalue weighted by molar-refractivity contribution is -0.143. The minimum atomic E-state index is -0.473. The number of benzene rings is 1. The van der Waals surface area contributed by atoms with E-state index in [9.17, 15) is 9.59 Å². The summed E-state index contributed by atoms with van der Waals surface area (Å²) in [6.45, 7) is 3.19. The summed E-state index contributed by atoms with van der Waals surface area (Å²) in [7, 11) is 0. The molecule has 2 rings (SSSR count). The summed E-state index contributed by atoms with van der Waals surface area (Å²) in [5, 5.41) is 2.84. The number of carbonyl (C=O) groups is 2. The molecular weight excluding hydrogens is 240 g/mol. The number of amides is 2. The van der Waals surface area contributed by atoms with Crippen molar-refractivity contribution in [1.29, 1.82) is 0 Å². The van der Waals surface area contributed by atoms with Crippen LogP contribution in [0.5, 0.6) is 0 Å². The number of rotatable bonds is 4. The highest BCUT2D eigenvalue weighted by atomic mass is 16.2. The van der Waals surface area contributed by atoms with Crippen molar-refractivity contribution in [3.05, 3.63) is 35.9 Å². The predicted molar refractivity (Wildman–Crippen MR) is 73.4 cm³/mol. The first kappa shape index (κ1) is 13.6. The van der Waals surface area contributed by atoms with Crippen LogP contribution in [0, 0.1) is 0 Å². The molecule has 0 saturated carbocycles. The van der Waals surface area contributed by atoms with Gasteiger partial charge in [-0.15, -0.1) is 0 Å². The van der Waals surface area contributed by atoms with Gasteiger partial charge in [0, 0.05) is 19.5 Å². The van der Waals surface area contributed by atoms with E-state index < -0.39 is 6.04 Å². The molecular formula is C15H20N2O2. The lowest BCUT2D eigenvalue weighted by Crippen LogP contribution is -2.52. The first-order valence-electron chi connectivity index (χ1n) is 6.86. The van der Waals surface area contributed by atoms with Crippen molar-refractivity contribution in [2.45, 2.75) is 32.2 Å². The molecule has 1 heterocycles. The third-order valence-corrected chi connectivity index (χ3v) is 3.39. The monoisotopic (exact) mass is 260 g/mol. The predicted octanol–water partition coefficient (Wildman–Crippen LogP) is 1.88. The van der Waals surface area contributed by atoms with Crippen molar-refractivity contribution < 1.29 is 9.59 Å². The second kappa shape index (κ2) is 6.36. The molecule has 1 saturated heterocycles. The van der Waals surface area contributed by atoms with Crippen LogP contribution in [0.2, 0.25) is 0 Å². The Labute approximate surface area is 113 Å². The number of unbranched alkanes of at least 4 members (excludes halogenated alkanes) is 1. The Hall–Kier alpha value is -1.84. The van der Waals surface area contributed by atoms with Crippen molar-refractivity contribution in [3.8, 4) is 0 Å². The highest BCUT2D eigenvalue weighted by molar-refractivity contribution is 5.89. The van der Waals surface area contributed by atoms with E-state index in [0.29, 0.717) is 19.5 Å². The summed E-state index contributed by atoms with van der Waals surface area (Å²) in [5.41, 5.74) is 0.879. The molecule has 0 bridgehead atoms. The number of hydrogen-bond acceptors (Lipinski definition) is 2. The molecule has 1 N–H and O–H groups in total. The van der Waals surface area contributed by atoms with Gasteiger partial charge in [-0.25, -0.2) is 0 Å². The number of nitrogens with zero attached hydrogens (tertiary/aromatic N) is 1. The maximum Gasteiger partial charge on any atom is 0.247 e. The topological polar surface area (TPSA) is 49.4 Å². The molecule has 102 valence electrons. The van der Waals surface area contributed by atoms with Gasteiger partial charge >= 0.3 is 0 Å². The smallest absolute Gasteiger partial charge is 0.247 e. The first-order chi connectivity index (χ1) is 9.24. The third kappa shape index (κ3) is 3.13. The Morgan fingerprint density at radius 2 is 2.11 bits per heavy atom. The largest absolute Gasteiger partial charge is 0.352 e. The highest BCUT2D eigenvalue weighted by Gasteiger charge is 2.33. The molecule has 2 amide bonds. The van der Waals surface area contributed by atoms with Gasteiger partial charge in [-0.2, -0.15) is 0 Å². The maximum absolute atomic E-state index is 12.2. The molecule has 1 aromatic carbocycles. The Kier molecular flexibility index (Phi) is 4.55. The van der Waals surface area contributed by atoms with Gasteiger partial charge in [0.25, 0.3) is 0 Å². The van der Waals surface area contributed by atoms with E-state index in [1.807, 2.05) is 30.3 Å². The molecule has 0 aromatic heterocycles. The van der Waals surface area contributed by atoms with Crippen molar-refractivity contribution in [1.82, 2.24) is 10.2 Å². The summed E-state index contributed by atoms with van der Waals surface area (Å²) < 4.78 is 0. The Bertz CT molecular complexity index is 445. The quantitative estimate of drug-likeness (QED) is 0.898. The van der Waals surface area contributed by atoms with E-state index >= 15 is 0 Å². The summed E-state index contributed by atoms with van der Waals surface area (Å²) in [6.07, 6.45) is 2.38. The molecule has 1 aliphatic rings. The summed E-state index contributed by atoms with van der Waals surface area (Å²) in [4.78, 5) is 26.0. The minimum Gasteiger partial charge on any atom is -0.352 e. The van der Waals surface area contributed by atoms with Crippen LogP contribution in [-0.2, 0) is 9.59 Å². The second-order valence-electron chi connectivity index (χ2n) is 4.79. The van der Waals surface area contributed by atoms with Crippen molar-refractivity contribution in [2.75, 3.05) is 13.1 Å². The van der Waals surface area contributed by atoms with Crippen LogP contribution in [0.15, 0.2) is 30.3 Å². The van der Waals surface area contributed by atoms with Crippen molar-refractivity contribution >= 4 is 11.8 Å². The van der Waals surface area contributed by atoms with Gasteiger partial charge in [0.05, 0.1) is 0 Å². The molecule has 4 nitrogen and oxygen atoms in total. The molecule has 1 unspecified atom stereocenters. The fourth-order valence-electron chi connectivity index (χ4n) is 2.37. The Morgan fingerprint density at radius 3 is 2.79 bits per heavy atom. The molecule has 0 radical (unpaired) electrons. The first-order valence-corrected chi connectivity index (χ1v) is 6.86. The zero-order chi connectivity index (χ0) is 13.7. The molecule has 0 spiro atoms. The van der Waals surface area contributed by atoms with Gasteiger partial charge in [0.1, 0.15) is 6.04 Å². The van der Waals surface area contributed by atoms with E-state index in [1.54, 1.807) is 4.90 Å². The number of hydrogen-bond donors (Lipinski definition) is 1. The lowest BCUT2D eigenvalue weighted by Gasteiger charge is -2.35. The fourth-order valence-corrected chi connectivity index (χ4v) is 2.37. The highest BCUT2D eigenvalue weighted by Crippen LogP contribution is 2.24. The average Bonchev–Trinajstić information content (AvgIpc) is 2.45. The number of carbonyl (C=O) groups excluding carboxylic acids is 2. The lowest BCUT2D eigenvalue weighted by atomic mass is 10.0. The molecule has 1 fully saturated rings. The van der Waals surface area contributed by atoms with E-state index in [-0.39, 0.29) is 11.8 Å². The Balaban J connectivity index is 2.19. The zero-order valence-corrected chi connectivity index (χ0v) is 11.3. The molecule has 19 heavy (non-hydrogen) atoms. The van der Waals surface area contributed by atoms with Crippen LogP contribution >= 0.6 is 0 Å². The summed E-state index contributed by atoms with van der Waals surface area (Å²) in [6, 6.07) is 9.02. The van der Waals surface area contributed by atoms with Crippen LogP contribution in [0.4, 0.5) is 0 Å². The minimum absolute atomic E-state index is 0.0746. The molecule has 1 aromatic rings. The van der Waals surface area contributed by atoms with Gasteiger partial charge in [0.2, 0.25) is 11.8 Å². The van der Waals surface area contributed by atoms with E-state index in [0.717, 1.165) is 18.4 Å². The van der Waals surface area contributed by atoms with E-state index in [2.05, 4.69) is 12.2 Å². The van der Waals surface area contributed by atoms with Crippen LogP contribution in [-0.4, -0.2) is 29.8 Å². The van der Waals surface area contributed by atoms with Crippen molar-refractivity contribution in [2.24, 2.45) is 0 Å². The van der Waals surface area contributed by atoms with Gasteiger partial charge in [-0.3, -0.25) is 9.59 Å². The van der Waals surface area contributed by atoms with Gasteiger partial charge in [-0.1, -0.05) is 43.7 Å². The standard InChI is InChI=1S/C15H20N2O2/c1-2-3-9-13(18)17-11-10-16-15(19)14(17)12-7-5-4-6-8-12/h4-8,14H,2-3,9-11H2,1H3,(H,16,19). The van der Waals surface area contributed by atoms with Gasteiger partial charge in [0.15, 0.2) is 0 Å². The van der Waals surface area contributed by atoms with Gasteiger partial charge in [-0.05, 0) is 12.0 Å². The molecule has 0 aliphatic carbocycles. The van der Waals surface area contributed by atoms with Crippen LogP contribution in [0.1, 0.15) is 37.8 Å². The van der Waals surface area contributed by atoms with Crippen LogP contribution in [0.3, 0.4) is 0 Å². The summed E-state index contributed by atoms with van der Waals surface area (Å²) >= 11 is 0. The molecule has 1 atom stereocenters. The zero-order valence-electron chi connectivity index (χ0n) is 11.3. The van der Waals surface area contributed by atoms with Crippen LogP contribution < -0.4 is 5.32 Å². The third-order valence-electron chi connectivity index (χ3n) is 3.39. The van der Waals surface area contributed by atoms with Gasteiger partial charge < -0.3 is 10.2 Å². The molecule has 4 heteroatoms. The van der Waals surface area contributed by atoms with E-state index in [1.165, 1.54) is 0 Å². The fraction of sp³-hybridized carbons (Fsp3) is 0.467. The second-order valence-corrected chi connectivity index (χ2v) is 4.79.